The summed E-state index contributed by atoms with van der Waals surface area (Å²) in [7, 11) is 4.14. The van der Waals surface area contributed by atoms with Crippen molar-refractivity contribution in [2.45, 2.75) is 37.5 Å². The Morgan fingerprint density at radius 2 is 2.04 bits per heavy atom. The van der Waals surface area contributed by atoms with Crippen LogP contribution in [0.3, 0.4) is 0 Å². The molecule has 0 aromatic carbocycles. The molecule has 0 unspecified atom stereocenters. The van der Waals surface area contributed by atoms with Crippen LogP contribution in [0.5, 0.6) is 0 Å². The van der Waals surface area contributed by atoms with Gasteiger partial charge >= 0.3 is 0 Å². The second-order valence-corrected chi connectivity index (χ2v) is 7.07. The average molecular weight is 340 g/mol. The number of carbonyl (C=O) groups is 1. The van der Waals surface area contributed by atoms with Crippen LogP contribution in [0, 0.1) is 0 Å². The van der Waals surface area contributed by atoms with Crippen LogP contribution in [0.2, 0.25) is 0 Å². The van der Waals surface area contributed by atoms with E-state index in [1.807, 2.05) is 24.1 Å². The predicted molar refractivity (Wildman–Crippen MR) is 94.6 cm³/mol. The van der Waals surface area contributed by atoms with E-state index in [-0.39, 0.29) is 5.91 Å². The second-order valence-electron chi connectivity index (χ2n) is 6.30. The van der Waals surface area contributed by atoms with Crippen LogP contribution in [0.25, 0.3) is 0 Å². The van der Waals surface area contributed by atoms with E-state index in [9.17, 15) is 4.79 Å². The monoisotopic (exact) mass is 339 g/mol. The number of rotatable bonds is 7. The highest BCUT2D eigenvalue weighted by atomic mass is 32.2. The van der Waals surface area contributed by atoms with Crippen molar-refractivity contribution in [2.75, 3.05) is 39.5 Å². The molecule has 1 atom stereocenters. The minimum atomic E-state index is 0.123. The van der Waals surface area contributed by atoms with Gasteiger partial charge in [-0.2, -0.15) is 0 Å². The SMILES string of the molecule is CSc1ncc(CNC(=O)CC[C@@H](C)N2CCN(C)CC2)n1C. The normalized spacial score (nSPS) is 18.1. The molecule has 1 aromatic heterocycles. The maximum absolute atomic E-state index is 12.1. The summed E-state index contributed by atoms with van der Waals surface area (Å²) in [6, 6.07) is 0.467. The molecule has 6 nitrogen and oxygen atoms in total. The first-order chi connectivity index (χ1) is 11.0. The molecule has 1 aliphatic heterocycles. The average Bonchev–Trinajstić information content (AvgIpc) is 2.91. The van der Waals surface area contributed by atoms with E-state index in [4.69, 9.17) is 0 Å². The van der Waals surface area contributed by atoms with E-state index in [2.05, 4.69) is 34.1 Å². The van der Waals surface area contributed by atoms with Gasteiger partial charge in [-0.1, -0.05) is 11.8 Å². The van der Waals surface area contributed by atoms with Crippen LogP contribution in [0.1, 0.15) is 25.5 Å². The molecule has 23 heavy (non-hydrogen) atoms. The Morgan fingerprint density at radius 3 is 2.65 bits per heavy atom. The minimum absolute atomic E-state index is 0.123. The Kier molecular flexibility index (Phi) is 6.92. The highest BCUT2D eigenvalue weighted by Gasteiger charge is 2.19. The Bertz CT molecular complexity index is 511. The Labute approximate surface area is 143 Å². The van der Waals surface area contributed by atoms with E-state index in [0.717, 1.165) is 43.5 Å². The molecule has 1 aliphatic rings. The molecule has 0 aliphatic carbocycles. The first-order valence-electron chi connectivity index (χ1n) is 8.25. The van der Waals surface area contributed by atoms with Crippen molar-refractivity contribution < 1.29 is 4.79 Å². The number of nitrogens with one attached hydrogen (secondary N) is 1. The lowest BCUT2D eigenvalue weighted by molar-refractivity contribution is -0.121. The van der Waals surface area contributed by atoms with Crippen molar-refractivity contribution in [3.63, 3.8) is 0 Å². The largest absolute Gasteiger partial charge is 0.350 e. The third-order valence-electron chi connectivity index (χ3n) is 4.64. The van der Waals surface area contributed by atoms with E-state index in [1.54, 1.807) is 11.8 Å². The number of hydrogen-bond donors (Lipinski definition) is 1. The fraction of sp³-hybridized carbons (Fsp3) is 0.750. The van der Waals surface area contributed by atoms with E-state index in [0.29, 0.717) is 19.0 Å². The Balaban J connectivity index is 1.69. The highest BCUT2D eigenvalue weighted by Crippen LogP contribution is 2.14. The summed E-state index contributed by atoms with van der Waals surface area (Å²) in [6.07, 6.45) is 5.33. The first kappa shape index (κ1) is 18.3. The Hall–Kier alpha value is -1.05. The zero-order valence-corrected chi connectivity index (χ0v) is 15.5. The van der Waals surface area contributed by atoms with Gasteiger partial charge in [-0.25, -0.2) is 4.98 Å². The van der Waals surface area contributed by atoms with Crippen LogP contribution >= 0.6 is 11.8 Å². The topological polar surface area (TPSA) is 53.4 Å². The maximum atomic E-state index is 12.1. The molecule has 0 spiro atoms. The summed E-state index contributed by atoms with van der Waals surface area (Å²) in [6.45, 7) is 7.22. The molecule has 1 amide bonds. The van der Waals surface area contributed by atoms with Gasteiger partial charge in [0.2, 0.25) is 5.91 Å². The van der Waals surface area contributed by atoms with Crippen LogP contribution in [0.4, 0.5) is 0 Å². The molecule has 0 bridgehead atoms. The second kappa shape index (κ2) is 8.70. The molecular weight excluding hydrogens is 310 g/mol. The molecule has 0 saturated carbocycles. The number of piperazine rings is 1. The van der Waals surface area contributed by atoms with Crippen molar-refractivity contribution in [1.29, 1.82) is 0 Å². The molecule has 1 fully saturated rings. The fourth-order valence-corrected chi connectivity index (χ4v) is 3.39. The van der Waals surface area contributed by atoms with Crippen molar-refractivity contribution >= 4 is 17.7 Å². The molecule has 1 N–H and O–H groups in total. The van der Waals surface area contributed by atoms with Crippen molar-refractivity contribution in [2.24, 2.45) is 7.05 Å². The number of thioether (sulfide) groups is 1. The zero-order chi connectivity index (χ0) is 16.8. The predicted octanol–water partition coefficient (Wildman–Crippen LogP) is 1.17. The fourth-order valence-electron chi connectivity index (χ4n) is 2.84. The number of likely N-dealkylation sites (N-methyl/N-ethyl adjacent to an activating group) is 1. The zero-order valence-electron chi connectivity index (χ0n) is 14.7. The molecule has 0 radical (unpaired) electrons. The summed E-state index contributed by atoms with van der Waals surface area (Å²) in [4.78, 5) is 21.2. The van der Waals surface area contributed by atoms with Gasteiger partial charge in [0.05, 0.1) is 18.4 Å². The molecule has 2 heterocycles. The summed E-state index contributed by atoms with van der Waals surface area (Å²) < 4.78 is 2.03. The van der Waals surface area contributed by atoms with Crippen LogP contribution in [0.15, 0.2) is 11.4 Å². The third-order valence-corrected chi connectivity index (χ3v) is 5.39. The number of imidazole rings is 1. The quantitative estimate of drug-likeness (QED) is 0.756. The first-order valence-corrected chi connectivity index (χ1v) is 9.47. The summed E-state index contributed by atoms with van der Waals surface area (Å²) in [5.74, 6) is 0.123. The van der Waals surface area contributed by atoms with Gasteiger partial charge in [-0.3, -0.25) is 9.69 Å². The lowest BCUT2D eigenvalue weighted by atomic mass is 10.1. The molecule has 1 aromatic rings. The van der Waals surface area contributed by atoms with Crippen molar-refractivity contribution in [3.8, 4) is 0 Å². The van der Waals surface area contributed by atoms with Crippen LogP contribution in [-0.2, 0) is 18.4 Å². The van der Waals surface area contributed by atoms with Crippen molar-refractivity contribution in [3.05, 3.63) is 11.9 Å². The number of amides is 1. The van der Waals surface area contributed by atoms with Gasteiger partial charge in [0.25, 0.3) is 0 Å². The van der Waals surface area contributed by atoms with Crippen molar-refractivity contribution in [1.82, 2.24) is 24.7 Å². The standard InChI is InChI=1S/C16H29N5OS/c1-13(21-9-7-19(2)8-10-21)5-6-15(22)17-11-14-12-18-16(23-4)20(14)3/h12-13H,5-11H2,1-4H3,(H,17,22)/t13-/m1/s1. The lowest BCUT2D eigenvalue weighted by Crippen LogP contribution is -2.48. The summed E-state index contributed by atoms with van der Waals surface area (Å²) in [5.41, 5.74) is 1.04. The van der Waals surface area contributed by atoms with Crippen LogP contribution < -0.4 is 5.32 Å². The molecule has 1 saturated heterocycles. The minimum Gasteiger partial charge on any atom is -0.350 e. The number of carbonyl (C=O) groups excluding carboxylic acids is 1. The molecular formula is C16H29N5OS. The summed E-state index contributed by atoms with van der Waals surface area (Å²) in [5, 5.41) is 3.98. The number of hydrogen-bond acceptors (Lipinski definition) is 5. The summed E-state index contributed by atoms with van der Waals surface area (Å²) >= 11 is 1.61. The van der Waals surface area contributed by atoms with Gasteiger partial charge < -0.3 is 14.8 Å². The van der Waals surface area contributed by atoms with Crippen LogP contribution in [-0.4, -0.2) is 70.8 Å². The third kappa shape index (κ3) is 5.22. The van der Waals surface area contributed by atoms with Gasteiger partial charge in [-0.15, -0.1) is 0 Å². The molecule has 7 heteroatoms. The molecule has 2 rings (SSSR count). The van der Waals surface area contributed by atoms with Gasteiger partial charge in [0.15, 0.2) is 5.16 Å². The Morgan fingerprint density at radius 1 is 1.35 bits per heavy atom. The van der Waals surface area contributed by atoms with E-state index < -0.39 is 0 Å². The van der Waals surface area contributed by atoms with E-state index >= 15 is 0 Å². The number of aromatic nitrogens is 2. The lowest BCUT2D eigenvalue weighted by Gasteiger charge is -2.36. The highest BCUT2D eigenvalue weighted by molar-refractivity contribution is 7.98. The molecule has 130 valence electrons. The number of nitrogens with zero attached hydrogens (tertiary/aromatic N) is 4. The van der Waals surface area contributed by atoms with Gasteiger partial charge in [0, 0.05) is 45.7 Å². The van der Waals surface area contributed by atoms with E-state index in [1.165, 1.54) is 0 Å². The maximum Gasteiger partial charge on any atom is 0.220 e. The smallest absolute Gasteiger partial charge is 0.220 e. The van der Waals surface area contributed by atoms with Gasteiger partial charge in [-0.05, 0) is 26.6 Å². The van der Waals surface area contributed by atoms with Gasteiger partial charge in [0.1, 0.15) is 0 Å².